The van der Waals surface area contributed by atoms with E-state index >= 15 is 0 Å². The minimum absolute atomic E-state index is 0.0346. The van der Waals surface area contributed by atoms with E-state index in [1.165, 1.54) is 7.11 Å². The van der Waals surface area contributed by atoms with Crippen LogP contribution in [-0.2, 0) is 20.7 Å². The summed E-state index contributed by atoms with van der Waals surface area (Å²) >= 11 is 0. The molecule has 1 aromatic rings. The summed E-state index contributed by atoms with van der Waals surface area (Å²) < 4.78 is 4.92. The van der Waals surface area contributed by atoms with Gasteiger partial charge in [0.15, 0.2) is 5.82 Å². The number of hydrogen-bond donors (Lipinski definition) is 1. The van der Waals surface area contributed by atoms with Crippen LogP contribution in [0.1, 0.15) is 42.5 Å². The van der Waals surface area contributed by atoms with Gasteiger partial charge in [0.1, 0.15) is 6.61 Å². The van der Waals surface area contributed by atoms with E-state index < -0.39 is 5.97 Å². The number of aryl methyl sites for hydroxylation is 2. The van der Waals surface area contributed by atoms with Gasteiger partial charge in [-0.25, -0.2) is 9.97 Å². The van der Waals surface area contributed by atoms with Crippen molar-refractivity contribution in [3.05, 3.63) is 23.3 Å². The maximum Gasteiger partial charge on any atom is 0.303 e. The zero-order valence-electron chi connectivity index (χ0n) is 12.9. The van der Waals surface area contributed by atoms with Crippen molar-refractivity contribution in [3.63, 3.8) is 0 Å². The van der Waals surface area contributed by atoms with Crippen molar-refractivity contribution in [2.45, 2.75) is 38.6 Å². The molecular formula is C15H21N3O4. The molecule has 0 unspecified atom stereocenters. The third-order valence-corrected chi connectivity index (χ3v) is 3.66. The predicted molar refractivity (Wildman–Crippen MR) is 78.3 cm³/mol. The lowest BCUT2D eigenvalue weighted by atomic mass is 10.1. The summed E-state index contributed by atoms with van der Waals surface area (Å²) in [5, 5.41) is 8.79. The van der Waals surface area contributed by atoms with Crippen LogP contribution in [0, 0.1) is 6.92 Å². The Hall–Kier alpha value is -2.02. The molecule has 2 heterocycles. The van der Waals surface area contributed by atoms with E-state index in [2.05, 4.69) is 9.97 Å². The molecule has 2 rings (SSSR count). The smallest absolute Gasteiger partial charge is 0.303 e. The lowest BCUT2D eigenvalue weighted by Gasteiger charge is -2.23. The van der Waals surface area contributed by atoms with Gasteiger partial charge in [0, 0.05) is 31.5 Å². The first-order valence-corrected chi connectivity index (χ1v) is 7.36. The maximum atomic E-state index is 12.1. The average molecular weight is 307 g/mol. The zero-order chi connectivity index (χ0) is 16.1. The highest BCUT2D eigenvalue weighted by molar-refractivity contribution is 5.78. The van der Waals surface area contributed by atoms with Crippen LogP contribution in [0.4, 0.5) is 0 Å². The summed E-state index contributed by atoms with van der Waals surface area (Å²) in [4.78, 5) is 33.4. The number of carbonyl (C=O) groups is 2. The highest BCUT2D eigenvalue weighted by Gasteiger charge is 2.32. The Morgan fingerprint density at radius 3 is 2.91 bits per heavy atom. The molecule has 1 fully saturated rings. The van der Waals surface area contributed by atoms with Crippen molar-refractivity contribution in [1.29, 1.82) is 0 Å². The van der Waals surface area contributed by atoms with E-state index in [1.807, 2.05) is 6.92 Å². The zero-order valence-corrected chi connectivity index (χ0v) is 12.9. The fourth-order valence-electron chi connectivity index (χ4n) is 2.71. The molecular weight excluding hydrogens is 286 g/mol. The van der Waals surface area contributed by atoms with Gasteiger partial charge in [-0.2, -0.15) is 0 Å². The topological polar surface area (TPSA) is 92.6 Å². The fraction of sp³-hybridized carbons (Fsp3) is 0.600. The summed E-state index contributed by atoms with van der Waals surface area (Å²) in [5.74, 6) is -0.319. The van der Waals surface area contributed by atoms with Gasteiger partial charge >= 0.3 is 5.97 Å². The van der Waals surface area contributed by atoms with Crippen molar-refractivity contribution in [1.82, 2.24) is 14.9 Å². The van der Waals surface area contributed by atoms with Gasteiger partial charge < -0.3 is 14.7 Å². The molecule has 1 atom stereocenters. The van der Waals surface area contributed by atoms with Crippen LogP contribution in [0.2, 0.25) is 0 Å². The van der Waals surface area contributed by atoms with E-state index in [0.29, 0.717) is 24.5 Å². The number of hydrogen-bond acceptors (Lipinski definition) is 5. The van der Waals surface area contributed by atoms with Crippen molar-refractivity contribution in [3.8, 4) is 0 Å². The average Bonchev–Trinajstić information content (AvgIpc) is 2.94. The third kappa shape index (κ3) is 4.00. The maximum absolute atomic E-state index is 12.1. The Balaban J connectivity index is 2.19. The van der Waals surface area contributed by atoms with Crippen LogP contribution in [0.3, 0.4) is 0 Å². The number of carboxylic acids is 1. The van der Waals surface area contributed by atoms with Crippen LogP contribution in [0.25, 0.3) is 0 Å². The summed E-state index contributed by atoms with van der Waals surface area (Å²) in [6, 6.07) is 1.65. The molecule has 0 saturated carbocycles. The number of carbonyl (C=O) groups excluding carboxylic acids is 1. The second-order valence-corrected chi connectivity index (χ2v) is 5.43. The molecule has 1 aromatic heterocycles. The Morgan fingerprint density at radius 2 is 2.23 bits per heavy atom. The molecule has 1 N–H and O–H groups in total. The Labute approximate surface area is 129 Å². The van der Waals surface area contributed by atoms with Crippen LogP contribution in [0.5, 0.6) is 0 Å². The van der Waals surface area contributed by atoms with E-state index in [-0.39, 0.29) is 25.0 Å². The Morgan fingerprint density at radius 1 is 1.45 bits per heavy atom. The first-order chi connectivity index (χ1) is 10.5. The van der Waals surface area contributed by atoms with Crippen molar-refractivity contribution in [2.75, 3.05) is 20.3 Å². The first kappa shape index (κ1) is 16.4. The molecule has 7 heteroatoms. The van der Waals surface area contributed by atoms with E-state index in [0.717, 1.165) is 18.5 Å². The van der Waals surface area contributed by atoms with Gasteiger partial charge in [0.05, 0.1) is 12.5 Å². The highest BCUT2D eigenvalue weighted by Crippen LogP contribution is 2.30. The lowest BCUT2D eigenvalue weighted by molar-refractivity contribution is -0.137. The second kappa shape index (κ2) is 7.31. The lowest BCUT2D eigenvalue weighted by Crippen LogP contribution is -2.34. The number of ether oxygens (including phenoxy) is 1. The molecule has 7 nitrogen and oxygen atoms in total. The predicted octanol–water partition coefficient (Wildman–Crippen LogP) is 1.11. The normalized spacial score (nSPS) is 17.7. The number of nitrogens with zero attached hydrogens (tertiary/aromatic N) is 3. The van der Waals surface area contributed by atoms with Crippen molar-refractivity contribution in [2.24, 2.45) is 0 Å². The molecule has 0 aliphatic carbocycles. The van der Waals surface area contributed by atoms with Gasteiger partial charge in [-0.05, 0) is 25.8 Å². The minimum Gasteiger partial charge on any atom is -0.481 e. The number of amides is 1. The van der Waals surface area contributed by atoms with E-state index in [4.69, 9.17) is 9.84 Å². The highest BCUT2D eigenvalue weighted by atomic mass is 16.5. The van der Waals surface area contributed by atoms with Gasteiger partial charge in [-0.3, -0.25) is 9.59 Å². The summed E-state index contributed by atoms with van der Waals surface area (Å²) in [6.45, 7) is 2.58. The Kier molecular flexibility index (Phi) is 5.43. The standard InChI is InChI=1S/C15H21N3O4/c1-10-8-11(5-6-14(20)21)17-15(16-10)12-4-3-7-18(12)13(19)9-22-2/h8,12H,3-7,9H2,1-2H3,(H,20,21)/t12-/m0/s1. The summed E-state index contributed by atoms with van der Waals surface area (Å²) in [5.41, 5.74) is 1.49. The molecule has 22 heavy (non-hydrogen) atoms. The van der Waals surface area contributed by atoms with Gasteiger partial charge in [0.2, 0.25) is 5.91 Å². The van der Waals surface area contributed by atoms with Crippen LogP contribution in [-0.4, -0.2) is 52.1 Å². The monoisotopic (exact) mass is 307 g/mol. The number of carboxylic acid groups (broad SMARTS) is 1. The van der Waals surface area contributed by atoms with Crippen molar-refractivity contribution < 1.29 is 19.4 Å². The first-order valence-electron chi connectivity index (χ1n) is 7.36. The third-order valence-electron chi connectivity index (χ3n) is 3.66. The molecule has 120 valence electrons. The van der Waals surface area contributed by atoms with Gasteiger partial charge in [-0.15, -0.1) is 0 Å². The van der Waals surface area contributed by atoms with E-state index in [1.54, 1.807) is 11.0 Å². The van der Waals surface area contributed by atoms with Crippen molar-refractivity contribution >= 4 is 11.9 Å². The molecule has 0 bridgehead atoms. The molecule has 0 radical (unpaired) electrons. The number of rotatable bonds is 6. The second-order valence-electron chi connectivity index (χ2n) is 5.43. The SMILES string of the molecule is COCC(=O)N1CCC[C@H]1c1nc(C)cc(CCC(=O)O)n1. The van der Waals surface area contributed by atoms with Gasteiger partial charge in [-0.1, -0.05) is 0 Å². The number of aromatic nitrogens is 2. The fourth-order valence-corrected chi connectivity index (χ4v) is 2.71. The van der Waals surface area contributed by atoms with Crippen LogP contribution < -0.4 is 0 Å². The molecule has 0 spiro atoms. The molecule has 1 amide bonds. The number of methoxy groups -OCH3 is 1. The molecule has 1 saturated heterocycles. The van der Waals surface area contributed by atoms with Crippen LogP contribution >= 0.6 is 0 Å². The van der Waals surface area contributed by atoms with Gasteiger partial charge in [0.25, 0.3) is 0 Å². The molecule has 1 aliphatic heterocycles. The largest absolute Gasteiger partial charge is 0.481 e. The van der Waals surface area contributed by atoms with E-state index in [9.17, 15) is 9.59 Å². The number of likely N-dealkylation sites (tertiary alicyclic amines) is 1. The number of aliphatic carboxylic acids is 1. The summed E-state index contributed by atoms with van der Waals surface area (Å²) in [7, 11) is 1.50. The molecule has 0 aromatic carbocycles. The minimum atomic E-state index is -0.851. The summed E-state index contributed by atoms with van der Waals surface area (Å²) in [6.07, 6.45) is 2.12. The molecule has 1 aliphatic rings. The quantitative estimate of drug-likeness (QED) is 0.846. The Bertz CT molecular complexity index is 562. The van der Waals surface area contributed by atoms with Crippen LogP contribution in [0.15, 0.2) is 6.07 Å².